The van der Waals surface area contributed by atoms with Crippen molar-refractivity contribution in [1.29, 1.82) is 0 Å². The second kappa shape index (κ2) is 65.8. The highest BCUT2D eigenvalue weighted by Crippen LogP contribution is 2.43. The fraction of sp³-hybridized carbons (Fsp3) is 0.718. The monoisotopic (exact) mass is 1150 g/mol. The van der Waals surface area contributed by atoms with E-state index in [1.54, 1.807) is 0 Å². The van der Waals surface area contributed by atoms with Gasteiger partial charge in [0.05, 0.1) is 13.2 Å². The summed E-state index contributed by atoms with van der Waals surface area (Å²) in [5, 5.41) is 0. The van der Waals surface area contributed by atoms with Gasteiger partial charge in [0.1, 0.15) is 6.61 Å². The molecule has 2 atom stereocenters. The lowest BCUT2D eigenvalue weighted by Crippen LogP contribution is -2.29. The predicted molar refractivity (Wildman–Crippen MR) is 348 cm³/mol. The number of phosphoric acid groups is 1. The quantitative estimate of drug-likeness (QED) is 0.0264. The molecule has 0 rings (SSSR count). The lowest BCUT2D eigenvalue weighted by molar-refractivity contribution is -0.161. The maximum Gasteiger partial charge on any atom is 0.472 e. The van der Waals surface area contributed by atoms with Crippen molar-refractivity contribution in [1.82, 2.24) is 0 Å². The van der Waals surface area contributed by atoms with E-state index in [4.69, 9.17) is 24.3 Å². The molecule has 2 unspecified atom stereocenters. The van der Waals surface area contributed by atoms with Crippen LogP contribution < -0.4 is 5.73 Å². The van der Waals surface area contributed by atoms with Crippen LogP contribution in [0, 0.1) is 0 Å². The number of unbranched alkanes of at least 4 members (excludes halogenated alkanes) is 31. The van der Waals surface area contributed by atoms with Crippen LogP contribution in [0.5, 0.6) is 0 Å². The van der Waals surface area contributed by atoms with Gasteiger partial charge in [0.15, 0.2) is 6.10 Å². The molecule has 0 aromatic rings. The van der Waals surface area contributed by atoms with E-state index in [1.807, 2.05) is 0 Å². The zero-order chi connectivity index (χ0) is 58.7. The Kier molecular flexibility index (Phi) is 63.1. The number of hydrogen-bond donors (Lipinski definition) is 2. The molecule has 0 amide bonds. The summed E-state index contributed by atoms with van der Waals surface area (Å²) in [5.41, 5.74) is 5.40. The van der Waals surface area contributed by atoms with Gasteiger partial charge in [-0.2, -0.15) is 0 Å². The number of rotatable bonds is 62. The van der Waals surface area contributed by atoms with Crippen LogP contribution in [0.4, 0.5) is 0 Å². The van der Waals surface area contributed by atoms with E-state index in [0.29, 0.717) is 6.42 Å². The second-order valence-electron chi connectivity index (χ2n) is 22.0. The summed E-state index contributed by atoms with van der Waals surface area (Å²) in [6.07, 6.45) is 90.2. The molecule has 0 bridgehead atoms. The van der Waals surface area contributed by atoms with Gasteiger partial charge in [-0.1, -0.05) is 290 Å². The van der Waals surface area contributed by atoms with Crippen molar-refractivity contribution >= 4 is 19.8 Å². The molecule has 3 N–H and O–H groups in total. The van der Waals surface area contributed by atoms with Crippen molar-refractivity contribution in [3.8, 4) is 0 Å². The van der Waals surface area contributed by atoms with Gasteiger partial charge in [-0.15, -0.1) is 0 Å². The van der Waals surface area contributed by atoms with Gasteiger partial charge in [-0.3, -0.25) is 18.6 Å². The van der Waals surface area contributed by atoms with Crippen molar-refractivity contribution in [2.75, 3.05) is 26.4 Å². The third-order valence-electron chi connectivity index (χ3n) is 14.1. The van der Waals surface area contributed by atoms with Crippen LogP contribution in [0.15, 0.2) is 109 Å². The van der Waals surface area contributed by atoms with Crippen LogP contribution in [0.25, 0.3) is 0 Å². The molecule has 0 aliphatic rings. The Labute approximate surface area is 499 Å². The lowest BCUT2D eigenvalue weighted by Gasteiger charge is -2.19. The minimum atomic E-state index is -4.40. The number of phosphoric ester groups is 1. The summed E-state index contributed by atoms with van der Waals surface area (Å²) >= 11 is 0. The molecular formula is C71H124NO8P. The standard InChI is InChI=1S/C71H124NO8P/c1-3-5-7-9-11-13-15-17-19-21-23-25-27-29-31-33-34-36-37-39-41-43-45-47-49-51-53-55-57-59-61-63-70(73)77-67-69(68-79-81(75,76)78-66-65-72)80-71(74)64-62-60-58-56-54-52-50-48-46-44-42-40-38-35-32-30-28-26-24-22-20-18-16-14-12-10-8-6-4-2/h6,8,12,14-15,17-18,20-21,23-24,26,30,32,38,40,44,46,69H,3-5,7,9-11,13,16,19,22,25,27-29,31,33-37,39,41-43,45,47-68,72H2,1-2H3,(H,75,76)/b8-6-,14-12-,17-15-,20-18-,23-21-,26-24-,32-30-,40-38-,46-44-. The fourth-order valence-electron chi connectivity index (χ4n) is 9.24. The smallest absolute Gasteiger partial charge is 0.462 e. The number of hydrogen-bond acceptors (Lipinski definition) is 8. The van der Waals surface area contributed by atoms with E-state index in [9.17, 15) is 19.0 Å². The number of carbonyl (C=O) groups is 2. The van der Waals surface area contributed by atoms with Crippen molar-refractivity contribution in [3.05, 3.63) is 109 Å². The molecule has 0 spiro atoms. The van der Waals surface area contributed by atoms with E-state index in [-0.39, 0.29) is 38.6 Å². The van der Waals surface area contributed by atoms with Crippen LogP contribution in [0.2, 0.25) is 0 Å². The topological polar surface area (TPSA) is 134 Å². The molecule has 0 fully saturated rings. The maximum absolute atomic E-state index is 12.7. The Morgan fingerprint density at radius 3 is 1.01 bits per heavy atom. The first-order chi connectivity index (χ1) is 39.8. The molecule has 0 aromatic carbocycles. The summed E-state index contributed by atoms with van der Waals surface area (Å²) in [4.78, 5) is 35.3. The Balaban J connectivity index is 3.94. The Hall–Kier alpha value is -3.33. The molecule has 0 aromatic heterocycles. The van der Waals surface area contributed by atoms with E-state index in [1.165, 1.54) is 167 Å². The van der Waals surface area contributed by atoms with Gasteiger partial charge in [0.2, 0.25) is 0 Å². The van der Waals surface area contributed by atoms with Crippen molar-refractivity contribution < 1.29 is 37.6 Å². The third kappa shape index (κ3) is 65.7. The highest BCUT2D eigenvalue weighted by Gasteiger charge is 2.26. The zero-order valence-electron chi connectivity index (χ0n) is 52.2. The van der Waals surface area contributed by atoms with Crippen molar-refractivity contribution in [2.24, 2.45) is 5.73 Å². The predicted octanol–water partition coefficient (Wildman–Crippen LogP) is 21.7. The Morgan fingerprint density at radius 1 is 0.383 bits per heavy atom. The zero-order valence-corrected chi connectivity index (χ0v) is 53.1. The molecule has 0 saturated heterocycles. The van der Waals surface area contributed by atoms with Crippen molar-refractivity contribution in [3.63, 3.8) is 0 Å². The first kappa shape index (κ1) is 77.7. The van der Waals surface area contributed by atoms with Crippen LogP contribution in [-0.4, -0.2) is 49.3 Å². The largest absolute Gasteiger partial charge is 0.472 e. The van der Waals surface area contributed by atoms with E-state index in [2.05, 4.69) is 123 Å². The molecule has 0 aliphatic heterocycles. The molecule has 0 radical (unpaired) electrons. The molecule has 466 valence electrons. The maximum atomic E-state index is 12.7. The summed E-state index contributed by atoms with van der Waals surface area (Å²) in [6, 6.07) is 0. The molecule has 0 saturated carbocycles. The van der Waals surface area contributed by atoms with E-state index >= 15 is 0 Å². The minimum Gasteiger partial charge on any atom is -0.462 e. The summed E-state index contributed by atoms with van der Waals surface area (Å²) in [7, 11) is -4.40. The average Bonchev–Trinajstić information content (AvgIpc) is 3.46. The Morgan fingerprint density at radius 2 is 0.679 bits per heavy atom. The Bertz CT molecular complexity index is 1690. The first-order valence-corrected chi connectivity index (χ1v) is 34.9. The van der Waals surface area contributed by atoms with Gasteiger partial charge in [-0.25, -0.2) is 4.57 Å². The van der Waals surface area contributed by atoms with Crippen LogP contribution in [0.3, 0.4) is 0 Å². The second-order valence-corrected chi connectivity index (χ2v) is 23.4. The molecule has 0 aliphatic carbocycles. The number of ether oxygens (including phenoxy) is 2. The first-order valence-electron chi connectivity index (χ1n) is 33.4. The van der Waals surface area contributed by atoms with Gasteiger partial charge in [0.25, 0.3) is 0 Å². The molecule has 81 heavy (non-hydrogen) atoms. The minimum absolute atomic E-state index is 0.0472. The summed E-state index contributed by atoms with van der Waals surface area (Å²) in [6.45, 7) is 3.63. The van der Waals surface area contributed by atoms with Gasteiger partial charge < -0.3 is 20.1 Å². The SMILES string of the molecule is CC/C=C\C/C=C\C/C=C\C/C=C\C/C=C\C/C=C\C/C=C\CCCCCCCCCC(=O)OC(COC(=O)CCCCCCCCCCCCCCCCCCCCC/C=C\C/C=C\CCCCCCC)COP(=O)(O)OCCN. The number of allylic oxidation sites excluding steroid dienone is 18. The van der Waals surface area contributed by atoms with Gasteiger partial charge in [0, 0.05) is 19.4 Å². The number of nitrogens with two attached hydrogens (primary N) is 1. The van der Waals surface area contributed by atoms with Crippen molar-refractivity contribution in [2.45, 2.75) is 302 Å². The van der Waals surface area contributed by atoms with E-state index < -0.39 is 26.5 Å². The van der Waals surface area contributed by atoms with E-state index in [0.717, 1.165) is 96.3 Å². The third-order valence-corrected chi connectivity index (χ3v) is 15.1. The lowest BCUT2D eigenvalue weighted by atomic mass is 10.0. The normalized spacial score (nSPS) is 13.7. The van der Waals surface area contributed by atoms with Crippen LogP contribution in [-0.2, 0) is 32.7 Å². The van der Waals surface area contributed by atoms with Crippen LogP contribution >= 0.6 is 7.82 Å². The van der Waals surface area contributed by atoms with Crippen LogP contribution in [0.1, 0.15) is 296 Å². The highest BCUT2D eigenvalue weighted by molar-refractivity contribution is 7.47. The number of carbonyl (C=O) groups excluding carboxylic acids is 2. The fourth-order valence-corrected chi connectivity index (χ4v) is 10.0. The molecule has 9 nitrogen and oxygen atoms in total. The number of esters is 2. The molecule has 10 heteroatoms. The summed E-state index contributed by atoms with van der Waals surface area (Å²) < 4.78 is 33.1. The molecule has 0 heterocycles. The van der Waals surface area contributed by atoms with Gasteiger partial charge in [-0.05, 0) is 103 Å². The molecular weight excluding hydrogens is 1030 g/mol. The highest BCUT2D eigenvalue weighted by atomic mass is 31.2. The summed E-state index contributed by atoms with van der Waals surface area (Å²) in [5.74, 6) is -0.837. The van der Waals surface area contributed by atoms with Gasteiger partial charge >= 0.3 is 19.8 Å². The average molecular weight is 1150 g/mol.